The van der Waals surface area contributed by atoms with Crippen molar-refractivity contribution in [3.05, 3.63) is 92.2 Å². The highest BCUT2D eigenvalue weighted by Crippen LogP contribution is 2.46. The maximum atomic E-state index is 15.8. The molecule has 54 heavy (non-hydrogen) atoms. The first kappa shape index (κ1) is 38.1. The van der Waals surface area contributed by atoms with Gasteiger partial charge < -0.3 is 29.6 Å². The number of β-amino-alcohol motifs (C(OH)–C–C–N with tert-alkyl or cyclic N) is 1. The van der Waals surface area contributed by atoms with Crippen molar-refractivity contribution in [2.75, 3.05) is 25.5 Å². The molecular weight excluding hydrogens is 736 g/mol. The molecule has 0 saturated heterocycles. The SMILES string of the molecule is COc1cc(OC2CCc3c(-c4cccc(NC(=O)c5nc6c(n5C)CCN(CC(C)(C)O)C6)c4Cl)cccc32)c(Cl)c(F)c1CNC1(C(=O)O)CCC1. The van der Waals surface area contributed by atoms with Gasteiger partial charge in [0.15, 0.2) is 11.6 Å². The Morgan fingerprint density at radius 2 is 1.83 bits per heavy atom. The van der Waals surface area contributed by atoms with Gasteiger partial charge in [-0.2, -0.15) is 0 Å². The van der Waals surface area contributed by atoms with Crippen LogP contribution in [0.3, 0.4) is 0 Å². The number of carbonyl (C=O) groups is 2. The number of anilines is 1. The predicted molar refractivity (Wildman–Crippen MR) is 204 cm³/mol. The lowest BCUT2D eigenvalue weighted by atomic mass is 9.76. The van der Waals surface area contributed by atoms with E-state index in [1.807, 2.05) is 41.9 Å². The number of hydrogen-bond donors (Lipinski definition) is 4. The number of rotatable bonds is 12. The van der Waals surface area contributed by atoms with Crippen LogP contribution in [-0.2, 0) is 37.8 Å². The fraction of sp³-hybridized carbons (Fsp3) is 0.425. The zero-order valence-electron chi connectivity index (χ0n) is 30.7. The van der Waals surface area contributed by atoms with Gasteiger partial charge in [0.1, 0.15) is 28.2 Å². The number of amides is 1. The number of benzene rings is 3. The number of nitrogens with zero attached hydrogens (tertiary/aromatic N) is 3. The van der Waals surface area contributed by atoms with Crippen LogP contribution in [0, 0.1) is 5.82 Å². The van der Waals surface area contributed by atoms with Gasteiger partial charge in [-0.15, -0.1) is 0 Å². The maximum Gasteiger partial charge on any atom is 0.323 e. The van der Waals surface area contributed by atoms with E-state index >= 15 is 4.39 Å². The number of hydrogen-bond acceptors (Lipinski definition) is 8. The largest absolute Gasteiger partial charge is 0.496 e. The van der Waals surface area contributed by atoms with Gasteiger partial charge in [0.05, 0.1) is 29.1 Å². The highest BCUT2D eigenvalue weighted by molar-refractivity contribution is 6.36. The molecule has 4 aromatic rings. The first-order valence-corrected chi connectivity index (χ1v) is 18.9. The van der Waals surface area contributed by atoms with Crippen LogP contribution in [0.15, 0.2) is 42.5 Å². The Bertz CT molecular complexity index is 2130. The van der Waals surface area contributed by atoms with Gasteiger partial charge in [-0.05, 0) is 68.7 Å². The van der Waals surface area contributed by atoms with Crippen molar-refractivity contribution < 1.29 is 33.7 Å². The van der Waals surface area contributed by atoms with Crippen LogP contribution in [0.4, 0.5) is 10.1 Å². The first-order valence-electron chi connectivity index (χ1n) is 18.1. The van der Waals surface area contributed by atoms with Gasteiger partial charge in [0.25, 0.3) is 5.91 Å². The number of methoxy groups -OCH3 is 1. The first-order chi connectivity index (χ1) is 25.7. The zero-order valence-corrected chi connectivity index (χ0v) is 32.2. The molecule has 1 aromatic heterocycles. The summed E-state index contributed by atoms with van der Waals surface area (Å²) in [6, 6.07) is 12.9. The monoisotopic (exact) mass is 779 g/mol. The Labute approximate surface area is 323 Å². The maximum absolute atomic E-state index is 15.8. The molecule has 2 heterocycles. The number of aliphatic hydroxyl groups is 1. The lowest BCUT2D eigenvalue weighted by Gasteiger charge is -2.38. The Kier molecular flexibility index (Phi) is 10.4. The molecule has 14 heteroatoms. The second-order valence-corrected chi connectivity index (χ2v) is 15.8. The van der Waals surface area contributed by atoms with E-state index in [1.54, 1.807) is 26.0 Å². The number of imidazole rings is 1. The van der Waals surface area contributed by atoms with Crippen LogP contribution in [0.2, 0.25) is 10.0 Å². The average molecular weight is 781 g/mol. The van der Waals surface area contributed by atoms with E-state index in [9.17, 15) is 19.8 Å². The number of ether oxygens (including phenoxy) is 2. The molecule has 0 radical (unpaired) electrons. The van der Waals surface area contributed by atoms with Gasteiger partial charge in [-0.25, -0.2) is 9.37 Å². The van der Waals surface area contributed by atoms with Crippen LogP contribution in [0.25, 0.3) is 11.1 Å². The number of carboxylic acid groups (broad SMARTS) is 1. The predicted octanol–water partition coefficient (Wildman–Crippen LogP) is 7.09. The molecule has 1 amide bonds. The Balaban J connectivity index is 1.09. The minimum Gasteiger partial charge on any atom is -0.496 e. The summed E-state index contributed by atoms with van der Waals surface area (Å²) >= 11 is 13.6. The van der Waals surface area contributed by atoms with E-state index in [4.69, 9.17) is 37.7 Å². The van der Waals surface area contributed by atoms with Crippen molar-refractivity contribution in [1.82, 2.24) is 19.8 Å². The number of aliphatic carboxylic acids is 1. The summed E-state index contributed by atoms with van der Waals surface area (Å²) in [5.41, 5.74) is 4.03. The molecule has 3 aromatic carbocycles. The Hall–Kier alpha value is -4.20. The smallest absolute Gasteiger partial charge is 0.323 e. The molecule has 286 valence electrons. The molecule has 0 spiro atoms. The lowest BCUT2D eigenvalue weighted by Crippen LogP contribution is -2.56. The van der Waals surface area contributed by atoms with Crippen molar-refractivity contribution in [3.8, 4) is 22.6 Å². The number of carboxylic acids is 1. The molecule has 11 nitrogen and oxygen atoms in total. The van der Waals surface area contributed by atoms with Crippen LogP contribution < -0.4 is 20.1 Å². The number of fused-ring (bicyclic) bond motifs is 2. The van der Waals surface area contributed by atoms with Gasteiger partial charge in [-0.3, -0.25) is 19.8 Å². The van der Waals surface area contributed by atoms with Crippen LogP contribution in [0.5, 0.6) is 11.5 Å². The molecule has 4 N–H and O–H groups in total. The summed E-state index contributed by atoms with van der Waals surface area (Å²) in [5, 5.41) is 26.1. The Morgan fingerprint density at radius 1 is 1.09 bits per heavy atom. The van der Waals surface area contributed by atoms with E-state index in [0.29, 0.717) is 49.5 Å². The molecule has 1 unspecified atom stereocenters. The average Bonchev–Trinajstić information content (AvgIpc) is 3.67. The second kappa shape index (κ2) is 14.8. The van der Waals surface area contributed by atoms with Crippen molar-refractivity contribution in [2.24, 2.45) is 7.05 Å². The van der Waals surface area contributed by atoms with Gasteiger partial charge >= 0.3 is 5.97 Å². The fourth-order valence-corrected chi connectivity index (χ4v) is 8.42. The van der Waals surface area contributed by atoms with Gasteiger partial charge in [-0.1, -0.05) is 53.5 Å². The van der Waals surface area contributed by atoms with Crippen molar-refractivity contribution >= 4 is 40.8 Å². The standard InChI is InChI=1S/C40H44Cl2FN5O6/c1-39(2,52)21-48-17-14-29-28(20-48)45-36(47(29)3)37(49)46-27-11-6-10-25(33(27)41)22-8-5-9-24-23(22)12-13-30(24)54-32-18-31(53-4)26(35(43)34(32)42)19-44-40(38(50)51)15-7-16-40/h5-6,8-11,18,30,44,52H,7,12-17,19-21H2,1-4H3,(H,46,49)(H,50,51). The minimum atomic E-state index is -1.08. The molecule has 1 aliphatic heterocycles. The third-order valence-electron chi connectivity index (χ3n) is 10.8. The van der Waals surface area contributed by atoms with Crippen molar-refractivity contribution in [3.63, 3.8) is 0 Å². The number of halogens is 3. The van der Waals surface area contributed by atoms with E-state index in [0.717, 1.165) is 53.0 Å². The molecule has 1 saturated carbocycles. The van der Waals surface area contributed by atoms with Gasteiger partial charge in [0.2, 0.25) is 0 Å². The van der Waals surface area contributed by atoms with Crippen molar-refractivity contribution in [2.45, 2.75) is 82.7 Å². The summed E-state index contributed by atoms with van der Waals surface area (Å²) in [5.74, 6) is -1.46. The summed E-state index contributed by atoms with van der Waals surface area (Å²) in [7, 11) is 3.26. The van der Waals surface area contributed by atoms with Crippen LogP contribution in [0.1, 0.15) is 84.3 Å². The topological polar surface area (TPSA) is 138 Å². The van der Waals surface area contributed by atoms with E-state index in [1.165, 1.54) is 7.11 Å². The van der Waals surface area contributed by atoms with E-state index in [-0.39, 0.29) is 40.4 Å². The summed E-state index contributed by atoms with van der Waals surface area (Å²) in [6.07, 6.45) is 3.24. The number of carbonyl (C=O) groups excluding carboxylic acids is 1. The molecule has 1 fully saturated rings. The van der Waals surface area contributed by atoms with Crippen LogP contribution >= 0.6 is 23.2 Å². The highest BCUT2D eigenvalue weighted by Gasteiger charge is 2.44. The van der Waals surface area contributed by atoms with Crippen molar-refractivity contribution in [1.29, 1.82) is 0 Å². The second-order valence-electron chi connectivity index (χ2n) is 15.1. The third-order valence-corrected chi connectivity index (χ3v) is 11.6. The summed E-state index contributed by atoms with van der Waals surface area (Å²) in [6.45, 7) is 5.31. The summed E-state index contributed by atoms with van der Waals surface area (Å²) < 4.78 is 29.5. The minimum absolute atomic E-state index is 0.0657. The van der Waals surface area contributed by atoms with E-state index < -0.39 is 29.0 Å². The van der Waals surface area contributed by atoms with Crippen LogP contribution in [-0.4, -0.2) is 67.9 Å². The molecule has 1 atom stereocenters. The Morgan fingerprint density at radius 3 is 2.52 bits per heavy atom. The van der Waals surface area contributed by atoms with Gasteiger partial charge in [0, 0.05) is 62.5 Å². The number of aromatic nitrogens is 2. The highest BCUT2D eigenvalue weighted by atomic mass is 35.5. The summed E-state index contributed by atoms with van der Waals surface area (Å²) in [4.78, 5) is 32.3. The molecule has 2 aliphatic carbocycles. The molecular formula is C40H44Cl2FN5O6. The third kappa shape index (κ3) is 7.17. The molecule has 7 rings (SSSR count). The molecule has 0 bridgehead atoms. The normalized spacial score (nSPS) is 17.7. The number of nitrogens with one attached hydrogen (secondary N) is 2. The van der Waals surface area contributed by atoms with E-state index in [2.05, 4.69) is 15.5 Å². The quantitative estimate of drug-likeness (QED) is 0.119. The fourth-order valence-electron chi connectivity index (χ4n) is 7.93. The lowest BCUT2D eigenvalue weighted by molar-refractivity contribution is -0.148. The zero-order chi connectivity index (χ0) is 38.5. The molecule has 3 aliphatic rings.